The first-order valence-corrected chi connectivity index (χ1v) is 7.40. The Morgan fingerprint density at radius 3 is 2.59 bits per heavy atom. The summed E-state index contributed by atoms with van der Waals surface area (Å²) in [4.78, 5) is 27.0. The van der Waals surface area contributed by atoms with Crippen molar-refractivity contribution in [3.05, 3.63) is 24.5 Å². The van der Waals surface area contributed by atoms with Crippen LogP contribution in [0.15, 0.2) is 29.7 Å². The van der Waals surface area contributed by atoms with Crippen LogP contribution in [0.3, 0.4) is 0 Å². The number of nitrogens with zero attached hydrogens (tertiary/aromatic N) is 4. The Balaban J connectivity index is 2.10. The van der Waals surface area contributed by atoms with Crippen LogP contribution in [0.1, 0.15) is 6.92 Å². The zero-order chi connectivity index (χ0) is 16.1. The lowest BCUT2D eigenvalue weighted by atomic mass is 10.2. The molecule has 8 nitrogen and oxygen atoms in total. The molecule has 0 fully saturated rings. The minimum atomic E-state index is -0.534. The molecule has 0 aromatic carbocycles. The second-order valence-electron chi connectivity index (χ2n) is 4.43. The second-order valence-corrected chi connectivity index (χ2v) is 5.74. The van der Waals surface area contributed by atoms with Gasteiger partial charge in [0.05, 0.1) is 5.25 Å². The largest absolute Gasteiger partial charge is 0.341 e. The molecule has 2 heterocycles. The predicted octanol–water partition coefficient (Wildman–Crippen LogP) is 0.813. The van der Waals surface area contributed by atoms with E-state index in [9.17, 15) is 9.59 Å². The molecule has 1 atom stereocenters. The van der Waals surface area contributed by atoms with E-state index in [0.717, 1.165) is 5.56 Å². The zero-order valence-electron chi connectivity index (χ0n) is 12.4. The number of rotatable bonds is 4. The molecule has 0 unspecified atom stereocenters. The van der Waals surface area contributed by atoms with Crippen molar-refractivity contribution in [3.63, 3.8) is 0 Å². The van der Waals surface area contributed by atoms with Gasteiger partial charge in [-0.2, -0.15) is 0 Å². The van der Waals surface area contributed by atoms with Crippen LogP contribution in [0, 0.1) is 0 Å². The van der Waals surface area contributed by atoms with Gasteiger partial charge in [-0.3, -0.25) is 15.1 Å². The van der Waals surface area contributed by atoms with Crippen molar-refractivity contribution in [2.45, 2.75) is 17.3 Å². The summed E-state index contributed by atoms with van der Waals surface area (Å²) in [6.07, 6.45) is 3.35. The molecular weight excluding hydrogens is 304 g/mol. The lowest BCUT2D eigenvalue weighted by Crippen LogP contribution is -2.41. The maximum Gasteiger partial charge on any atom is 0.321 e. The van der Waals surface area contributed by atoms with Gasteiger partial charge in [-0.05, 0) is 19.1 Å². The molecule has 3 amide bonds. The fourth-order valence-electron chi connectivity index (χ4n) is 1.66. The van der Waals surface area contributed by atoms with Gasteiger partial charge in [-0.1, -0.05) is 11.8 Å². The molecule has 0 bridgehead atoms. The number of imide groups is 1. The quantitative estimate of drug-likeness (QED) is 0.809. The van der Waals surface area contributed by atoms with E-state index in [1.165, 1.54) is 18.8 Å². The molecule has 2 aromatic heterocycles. The minimum Gasteiger partial charge on any atom is -0.341 e. The number of pyridine rings is 1. The first kappa shape index (κ1) is 16.0. The summed E-state index contributed by atoms with van der Waals surface area (Å²) in [7, 11) is 3.27. The summed E-state index contributed by atoms with van der Waals surface area (Å²) in [6, 6.07) is 3.13. The Morgan fingerprint density at radius 2 is 1.95 bits per heavy atom. The molecule has 22 heavy (non-hydrogen) atoms. The average Bonchev–Trinajstić information content (AvgIpc) is 2.89. The van der Waals surface area contributed by atoms with Gasteiger partial charge >= 0.3 is 6.03 Å². The summed E-state index contributed by atoms with van der Waals surface area (Å²) in [6.45, 7) is 1.70. The highest BCUT2D eigenvalue weighted by Gasteiger charge is 2.20. The number of carbonyl (C=O) groups excluding carboxylic acids is 2. The van der Waals surface area contributed by atoms with Crippen molar-refractivity contribution < 1.29 is 9.59 Å². The fourth-order valence-corrected chi connectivity index (χ4v) is 2.47. The SMILES string of the molecule is CNC(=O)NC(=O)[C@@H](C)Sc1nnc(-c2ccncc2)n1C. The van der Waals surface area contributed by atoms with Gasteiger partial charge in [0, 0.05) is 32.1 Å². The monoisotopic (exact) mass is 320 g/mol. The molecule has 2 N–H and O–H groups in total. The van der Waals surface area contributed by atoms with Crippen molar-refractivity contribution in [1.29, 1.82) is 0 Å². The second kappa shape index (κ2) is 7.03. The maximum absolute atomic E-state index is 11.8. The summed E-state index contributed by atoms with van der Waals surface area (Å²) in [5.74, 6) is 0.293. The van der Waals surface area contributed by atoms with Gasteiger partial charge in [0.1, 0.15) is 0 Å². The van der Waals surface area contributed by atoms with Crippen LogP contribution in [0.4, 0.5) is 4.79 Å². The standard InChI is InChI=1S/C13H16N6O2S/c1-8(11(20)16-12(21)14-2)22-13-18-17-10(19(13)3)9-4-6-15-7-5-9/h4-8H,1-3H3,(H2,14,16,20,21)/t8-/m1/s1. The Labute approximate surface area is 131 Å². The first-order valence-electron chi connectivity index (χ1n) is 6.52. The molecule has 116 valence electrons. The van der Waals surface area contributed by atoms with Gasteiger partial charge in [-0.25, -0.2) is 4.79 Å². The van der Waals surface area contributed by atoms with E-state index in [0.29, 0.717) is 11.0 Å². The Morgan fingerprint density at radius 1 is 1.27 bits per heavy atom. The summed E-state index contributed by atoms with van der Waals surface area (Å²) >= 11 is 1.23. The molecule has 2 rings (SSSR count). The highest BCUT2D eigenvalue weighted by atomic mass is 32.2. The van der Waals surface area contributed by atoms with Crippen LogP contribution in [0.2, 0.25) is 0 Å². The lowest BCUT2D eigenvalue weighted by molar-refractivity contribution is -0.119. The predicted molar refractivity (Wildman–Crippen MR) is 82.2 cm³/mol. The van der Waals surface area contributed by atoms with E-state index in [1.54, 1.807) is 23.9 Å². The number of hydrogen-bond acceptors (Lipinski definition) is 6. The van der Waals surface area contributed by atoms with Gasteiger partial charge in [0.25, 0.3) is 0 Å². The van der Waals surface area contributed by atoms with E-state index in [4.69, 9.17) is 0 Å². The first-order chi connectivity index (χ1) is 10.5. The molecule has 0 saturated heterocycles. The smallest absolute Gasteiger partial charge is 0.321 e. The molecule has 0 radical (unpaired) electrons. The zero-order valence-corrected chi connectivity index (χ0v) is 13.2. The van der Waals surface area contributed by atoms with Crippen LogP contribution in [0.5, 0.6) is 0 Å². The third kappa shape index (κ3) is 3.61. The molecule has 0 aliphatic rings. The molecule has 0 saturated carbocycles. The highest BCUT2D eigenvalue weighted by molar-refractivity contribution is 8.00. The molecular formula is C13H16N6O2S. The number of nitrogens with one attached hydrogen (secondary N) is 2. The van der Waals surface area contributed by atoms with E-state index in [2.05, 4.69) is 25.8 Å². The number of thioether (sulfide) groups is 1. The third-order valence-electron chi connectivity index (χ3n) is 2.89. The lowest BCUT2D eigenvalue weighted by Gasteiger charge is -2.10. The number of urea groups is 1. The van der Waals surface area contributed by atoms with Gasteiger partial charge in [-0.15, -0.1) is 10.2 Å². The molecule has 9 heteroatoms. The highest BCUT2D eigenvalue weighted by Crippen LogP contribution is 2.25. The van der Waals surface area contributed by atoms with Crippen LogP contribution in [0.25, 0.3) is 11.4 Å². The molecule has 0 aliphatic heterocycles. The molecule has 0 spiro atoms. The minimum absolute atomic E-state index is 0.391. The van der Waals surface area contributed by atoms with E-state index in [-0.39, 0.29) is 0 Å². The number of carbonyl (C=O) groups is 2. The summed E-state index contributed by atoms with van der Waals surface area (Å²) in [5.41, 5.74) is 0.888. The number of amides is 3. The van der Waals surface area contributed by atoms with Gasteiger partial charge in [0.2, 0.25) is 5.91 Å². The van der Waals surface area contributed by atoms with Crippen LogP contribution >= 0.6 is 11.8 Å². The summed E-state index contributed by atoms with van der Waals surface area (Å²) < 4.78 is 1.80. The normalized spacial score (nSPS) is 11.8. The van der Waals surface area contributed by atoms with E-state index >= 15 is 0 Å². The Bertz CT molecular complexity index is 672. The molecule has 2 aromatic rings. The Hall–Kier alpha value is -2.42. The van der Waals surface area contributed by atoms with Gasteiger partial charge < -0.3 is 9.88 Å². The topological polar surface area (TPSA) is 102 Å². The van der Waals surface area contributed by atoms with Crippen molar-refractivity contribution >= 4 is 23.7 Å². The van der Waals surface area contributed by atoms with Crippen molar-refractivity contribution in [3.8, 4) is 11.4 Å². The van der Waals surface area contributed by atoms with Crippen LogP contribution in [-0.2, 0) is 11.8 Å². The van der Waals surface area contributed by atoms with Crippen molar-refractivity contribution in [1.82, 2.24) is 30.4 Å². The maximum atomic E-state index is 11.8. The number of aromatic nitrogens is 4. The van der Waals surface area contributed by atoms with Gasteiger partial charge in [0.15, 0.2) is 11.0 Å². The third-order valence-corrected chi connectivity index (χ3v) is 4.02. The molecule has 0 aliphatic carbocycles. The number of hydrogen-bond donors (Lipinski definition) is 2. The fraction of sp³-hybridized carbons (Fsp3) is 0.308. The van der Waals surface area contributed by atoms with Crippen molar-refractivity contribution in [2.75, 3.05) is 7.05 Å². The van der Waals surface area contributed by atoms with Crippen LogP contribution in [-0.4, -0.2) is 44.0 Å². The van der Waals surface area contributed by atoms with Crippen molar-refractivity contribution in [2.24, 2.45) is 7.05 Å². The average molecular weight is 320 g/mol. The van der Waals surface area contributed by atoms with Crippen LogP contribution < -0.4 is 10.6 Å². The van der Waals surface area contributed by atoms with E-state index in [1.807, 2.05) is 19.2 Å². The van der Waals surface area contributed by atoms with E-state index < -0.39 is 17.2 Å². The Kier molecular flexibility index (Phi) is 5.10. The summed E-state index contributed by atoms with van der Waals surface area (Å²) in [5, 5.41) is 12.9.